The van der Waals surface area contributed by atoms with E-state index >= 15 is 0 Å². The van der Waals surface area contributed by atoms with E-state index in [9.17, 15) is 19.7 Å². The smallest absolute Gasteiger partial charge is 0.282 e. The first-order valence-electron chi connectivity index (χ1n) is 8.75. The van der Waals surface area contributed by atoms with Gasteiger partial charge in [-0.1, -0.05) is 12.1 Å². The van der Waals surface area contributed by atoms with E-state index in [2.05, 4.69) is 9.88 Å². The number of benzene rings is 1. The Balaban J connectivity index is 1.45. The normalized spacial score (nSPS) is 17.3. The Kier molecular flexibility index (Phi) is 4.28. The van der Waals surface area contributed by atoms with E-state index in [-0.39, 0.29) is 23.5 Å². The van der Waals surface area contributed by atoms with Gasteiger partial charge in [-0.15, -0.1) is 0 Å². The number of hydrogen-bond donors (Lipinski definition) is 1. The Labute approximate surface area is 155 Å². The van der Waals surface area contributed by atoms with Gasteiger partial charge in [-0.25, -0.2) is 9.88 Å². The molecule has 2 N–H and O–H groups in total. The highest BCUT2D eigenvalue weighted by Gasteiger charge is 2.43. The van der Waals surface area contributed by atoms with Gasteiger partial charge in [-0.2, -0.15) is 0 Å². The number of carbonyl (C=O) groups is 2. The summed E-state index contributed by atoms with van der Waals surface area (Å²) in [5, 5.41) is 11.2. The van der Waals surface area contributed by atoms with Gasteiger partial charge in [-0.3, -0.25) is 24.6 Å². The summed E-state index contributed by atoms with van der Waals surface area (Å²) >= 11 is 0. The Morgan fingerprint density at radius 1 is 1.07 bits per heavy atom. The number of carbonyl (C=O) groups excluding carboxylic acids is 2. The predicted molar refractivity (Wildman–Crippen MR) is 94.4 cm³/mol. The number of rotatable bonds is 4. The third kappa shape index (κ3) is 3.02. The summed E-state index contributed by atoms with van der Waals surface area (Å²) < 4.78 is 0. The zero-order valence-electron chi connectivity index (χ0n) is 14.6. The molecule has 0 radical (unpaired) electrons. The lowest BCUT2D eigenvalue weighted by molar-refractivity contribution is -0.907. The zero-order valence-corrected chi connectivity index (χ0v) is 14.6. The van der Waals surface area contributed by atoms with Gasteiger partial charge in [-0.05, 0) is 12.1 Å². The number of nitrogens with one attached hydrogen (secondary N) is 2. The molecular weight excluding hydrogens is 350 g/mol. The molecule has 2 aromatic rings. The summed E-state index contributed by atoms with van der Waals surface area (Å²) in [5.74, 6) is 0.00606. The van der Waals surface area contributed by atoms with Crippen molar-refractivity contribution in [2.45, 2.75) is 0 Å². The van der Waals surface area contributed by atoms with Gasteiger partial charge in [0.05, 0.1) is 16.7 Å². The number of H-pyrrole nitrogens is 1. The van der Waals surface area contributed by atoms with Crippen LogP contribution in [0.5, 0.6) is 0 Å². The van der Waals surface area contributed by atoms with E-state index in [1.54, 1.807) is 0 Å². The first kappa shape index (κ1) is 17.1. The van der Waals surface area contributed by atoms with Crippen LogP contribution in [-0.4, -0.2) is 54.5 Å². The SMILES string of the molecule is O=C1c2cccc([N+](=O)[O-])c2C(=O)N1C[NH+]1CCN(c2cccc[nH+]2)CC1. The molecule has 1 aromatic carbocycles. The molecule has 1 fully saturated rings. The van der Waals surface area contributed by atoms with E-state index in [0.717, 1.165) is 41.8 Å². The first-order valence-corrected chi connectivity index (χ1v) is 8.75. The molecule has 0 bridgehead atoms. The molecule has 2 aliphatic rings. The summed E-state index contributed by atoms with van der Waals surface area (Å²) in [5.41, 5.74) is -0.289. The lowest BCUT2D eigenvalue weighted by Crippen LogP contribution is -3.16. The van der Waals surface area contributed by atoms with Crippen LogP contribution in [-0.2, 0) is 0 Å². The number of nitrogens with zero attached hydrogens (tertiary/aromatic N) is 3. The van der Waals surface area contributed by atoms with Crippen LogP contribution < -0.4 is 14.8 Å². The van der Waals surface area contributed by atoms with Crippen LogP contribution in [0.3, 0.4) is 0 Å². The van der Waals surface area contributed by atoms with E-state index in [1.165, 1.54) is 18.2 Å². The fourth-order valence-corrected chi connectivity index (χ4v) is 3.64. The number of imide groups is 1. The molecule has 4 rings (SSSR count). The minimum atomic E-state index is -0.616. The van der Waals surface area contributed by atoms with Gasteiger partial charge < -0.3 is 4.90 Å². The molecule has 0 saturated carbocycles. The summed E-state index contributed by atoms with van der Waals surface area (Å²) in [6.07, 6.45) is 1.88. The van der Waals surface area contributed by atoms with Gasteiger partial charge in [0.2, 0.25) is 0 Å². The van der Waals surface area contributed by atoms with Crippen molar-refractivity contribution in [2.75, 3.05) is 37.7 Å². The highest BCUT2D eigenvalue weighted by Crippen LogP contribution is 2.30. The van der Waals surface area contributed by atoms with Crippen molar-refractivity contribution < 1.29 is 24.4 Å². The predicted octanol–water partition coefficient (Wildman–Crippen LogP) is -0.632. The second-order valence-electron chi connectivity index (χ2n) is 6.64. The Morgan fingerprint density at radius 3 is 2.52 bits per heavy atom. The van der Waals surface area contributed by atoms with Gasteiger partial charge in [0.1, 0.15) is 31.7 Å². The Hall–Kier alpha value is -3.33. The molecule has 0 aliphatic carbocycles. The largest absolute Gasteiger partial charge is 0.311 e. The van der Waals surface area contributed by atoms with E-state index < -0.39 is 16.7 Å². The molecule has 0 spiro atoms. The minimum Gasteiger partial charge on any atom is -0.311 e. The summed E-state index contributed by atoms with van der Waals surface area (Å²) in [7, 11) is 0. The maximum Gasteiger partial charge on any atom is 0.282 e. The maximum absolute atomic E-state index is 12.7. The third-order valence-electron chi connectivity index (χ3n) is 5.06. The number of fused-ring (bicyclic) bond motifs is 1. The first-order chi connectivity index (χ1) is 13.1. The standard InChI is InChI=1S/C18H17N5O4/c24-17-13-4-3-5-14(23(26)27)16(13)18(25)22(17)12-20-8-10-21(11-9-20)15-6-1-2-7-19-15/h1-7H,8-12H2/p+2. The maximum atomic E-state index is 12.7. The van der Waals surface area contributed by atoms with Crippen molar-refractivity contribution in [2.24, 2.45) is 0 Å². The average Bonchev–Trinajstić information content (AvgIpc) is 2.94. The van der Waals surface area contributed by atoms with Crippen LogP contribution in [0.1, 0.15) is 20.7 Å². The fraction of sp³-hybridized carbons (Fsp3) is 0.278. The number of aromatic nitrogens is 1. The Morgan fingerprint density at radius 2 is 1.85 bits per heavy atom. The monoisotopic (exact) mass is 369 g/mol. The molecule has 138 valence electrons. The second-order valence-corrected chi connectivity index (χ2v) is 6.64. The topological polar surface area (TPSA) is 102 Å². The van der Waals surface area contributed by atoms with E-state index in [1.807, 2.05) is 24.4 Å². The molecule has 3 heterocycles. The van der Waals surface area contributed by atoms with Crippen LogP contribution in [0.15, 0.2) is 42.6 Å². The second kappa shape index (κ2) is 6.76. The molecule has 0 unspecified atom stereocenters. The summed E-state index contributed by atoms with van der Waals surface area (Å²) in [6.45, 7) is 3.32. The number of piperazine rings is 1. The number of nitro benzene ring substituents is 1. The van der Waals surface area contributed by atoms with Crippen molar-refractivity contribution >= 4 is 23.3 Å². The van der Waals surface area contributed by atoms with Gasteiger partial charge >= 0.3 is 0 Å². The molecule has 1 aromatic heterocycles. The third-order valence-corrected chi connectivity index (χ3v) is 5.06. The van der Waals surface area contributed by atoms with Crippen molar-refractivity contribution in [3.05, 3.63) is 63.8 Å². The number of hydrogen-bond acceptors (Lipinski definition) is 5. The molecule has 27 heavy (non-hydrogen) atoms. The molecule has 0 atom stereocenters. The molecular formula is C18H19N5O4+2. The quantitative estimate of drug-likeness (QED) is 0.439. The lowest BCUT2D eigenvalue weighted by Gasteiger charge is -2.30. The number of pyridine rings is 1. The van der Waals surface area contributed by atoms with Crippen LogP contribution in [0.2, 0.25) is 0 Å². The van der Waals surface area contributed by atoms with Crippen molar-refractivity contribution in [1.82, 2.24) is 4.90 Å². The van der Waals surface area contributed by atoms with E-state index in [0.29, 0.717) is 0 Å². The number of quaternary nitrogens is 1. The number of aromatic amines is 1. The molecule has 2 aliphatic heterocycles. The van der Waals surface area contributed by atoms with Crippen LogP contribution in [0.4, 0.5) is 11.5 Å². The van der Waals surface area contributed by atoms with Gasteiger partial charge in [0.15, 0.2) is 6.67 Å². The van der Waals surface area contributed by atoms with Crippen LogP contribution >= 0.6 is 0 Å². The fourth-order valence-electron chi connectivity index (χ4n) is 3.64. The highest BCUT2D eigenvalue weighted by molar-refractivity contribution is 6.23. The minimum absolute atomic E-state index is 0.0931. The number of amides is 2. The summed E-state index contributed by atoms with van der Waals surface area (Å²) in [4.78, 5) is 43.5. The molecule has 9 heteroatoms. The number of anilines is 1. The van der Waals surface area contributed by atoms with Crippen molar-refractivity contribution in [3.8, 4) is 0 Å². The van der Waals surface area contributed by atoms with Gasteiger partial charge in [0, 0.05) is 12.1 Å². The Bertz CT molecular complexity index is 909. The molecule has 2 amide bonds. The summed E-state index contributed by atoms with van der Waals surface area (Å²) in [6, 6.07) is 10.1. The van der Waals surface area contributed by atoms with E-state index in [4.69, 9.17) is 0 Å². The number of nitro groups is 1. The average molecular weight is 369 g/mol. The van der Waals surface area contributed by atoms with Crippen molar-refractivity contribution in [3.63, 3.8) is 0 Å². The molecule has 9 nitrogen and oxygen atoms in total. The lowest BCUT2D eigenvalue weighted by atomic mass is 10.1. The molecule has 1 saturated heterocycles. The zero-order chi connectivity index (χ0) is 19.0. The van der Waals surface area contributed by atoms with Gasteiger partial charge in [0.25, 0.3) is 23.3 Å². The van der Waals surface area contributed by atoms with Crippen LogP contribution in [0, 0.1) is 10.1 Å². The highest BCUT2D eigenvalue weighted by atomic mass is 16.6. The van der Waals surface area contributed by atoms with Crippen molar-refractivity contribution in [1.29, 1.82) is 0 Å². The van der Waals surface area contributed by atoms with Crippen LogP contribution in [0.25, 0.3) is 0 Å².